The minimum Gasteiger partial charge on any atom is -0.454 e. The summed E-state index contributed by atoms with van der Waals surface area (Å²) in [6.45, 7) is 2.72. The Labute approximate surface area is 136 Å². The van der Waals surface area contributed by atoms with Gasteiger partial charge in [-0.1, -0.05) is 17.7 Å². The lowest BCUT2D eigenvalue weighted by Crippen LogP contribution is -2.23. The fourth-order valence-corrected chi connectivity index (χ4v) is 3.05. The van der Waals surface area contributed by atoms with Crippen LogP contribution in [0.2, 0.25) is 0 Å². The van der Waals surface area contributed by atoms with Gasteiger partial charge in [0.2, 0.25) is 6.79 Å². The lowest BCUT2D eigenvalue weighted by Gasteiger charge is -2.08. The highest BCUT2D eigenvalue weighted by atomic mass is 127. The quantitative estimate of drug-likeness (QED) is 0.812. The number of carbonyl (C=O) groups is 1. The molecule has 1 aliphatic heterocycles. The first kappa shape index (κ1) is 14.2. The number of benzene rings is 2. The first-order valence-electron chi connectivity index (χ1n) is 6.56. The molecular weight excluding hydrogens is 381 g/mol. The van der Waals surface area contributed by atoms with Crippen LogP contribution in [0.25, 0.3) is 0 Å². The number of amides is 1. The van der Waals surface area contributed by atoms with Crippen LogP contribution in [0.15, 0.2) is 36.4 Å². The fraction of sp³-hybridized carbons (Fsp3) is 0.188. The van der Waals surface area contributed by atoms with Crippen molar-refractivity contribution in [2.24, 2.45) is 0 Å². The maximum absolute atomic E-state index is 12.2. The van der Waals surface area contributed by atoms with E-state index in [1.54, 1.807) is 0 Å². The maximum Gasteiger partial charge on any atom is 0.252 e. The number of aryl methyl sites for hydroxylation is 1. The largest absolute Gasteiger partial charge is 0.454 e. The zero-order valence-electron chi connectivity index (χ0n) is 11.5. The number of halogens is 1. The molecule has 0 atom stereocenters. The molecule has 21 heavy (non-hydrogen) atoms. The predicted octanol–water partition coefficient (Wildman–Crippen LogP) is 3.26. The average molecular weight is 395 g/mol. The van der Waals surface area contributed by atoms with Gasteiger partial charge in [0.15, 0.2) is 11.5 Å². The van der Waals surface area contributed by atoms with Gasteiger partial charge in [-0.15, -0.1) is 0 Å². The number of ether oxygens (including phenoxy) is 2. The van der Waals surface area contributed by atoms with Gasteiger partial charge in [0, 0.05) is 10.1 Å². The van der Waals surface area contributed by atoms with E-state index < -0.39 is 0 Å². The normalized spacial score (nSPS) is 12.3. The molecule has 1 amide bonds. The summed E-state index contributed by atoms with van der Waals surface area (Å²) >= 11 is 2.18. The lowest BCUT2D eigenvalue weighted by molar-refractivity contribution is 0.0950. The molecule has 0 unspecified atom stereocenters. The Hall–Kier alpha value is -1.76. The van der Waals surface area contributed by atoms with Crippen molar-refractivity contribution in [2.45, 2.75) is 13.5 Å². The van der Waals surface area contributed by atoms with E-state index >= 15 is 0 Å². The first-order valence-corrected chi connectivity index (χ1v) is 7.64. The van der Waals surface area contributed by atoms with Crippen molar-refractivity contribution in [1.29, 1.82) is 0 Å². The van der Waals surface area contributed by atoms with Crippen LogP contribution in [0.4, 0.5) is 0 Å². The van der Waals surface area contributed by atoms with Gasteiger partial charge in [-0.25, -0.2) is 0 Å². The molecule has 3 rings (SSSR count). The van der Waals surface area contributed by atoms with Crippen molar-refractivity contribution in [1.82, 2.24) is 5.32 Å². The molecule has 1 aliphatic rings. The third-order valence-electron chi connectivity index (χ3n) is 3.26. The number of hydrogen-bond acceptors (Lipinski definition) is 3. The topological polar surface area (TPSA) is 47.6 Å². The van der Waals surface area contributed by atoms with Crippen molar-refractivity contribution in [3.63, 3.8) is 0 Å². The van der Waals surface area contributed by atoms with Crippen molar-refractivity contribution >= 4 is 28.5 Å². The Morgan fingerprint density at radius 3 is 2.81 bits per heavy atom. The minimum absolute atomic E-state index is 0.0722. The van der Waals surface area contributed by atoms with Gasteiger partial charge in [0.25, 0.3) is 5.91 Å². The molecule has 0 radical (unpaired) electrons. The minimum atomic E-state index is -0.0722. The molecule has 5 heteroatoms. The van der Waals surface area contributed by atoms with E-state index in [-0.39, 0.29) is 12.7 Å². The summed E-state index contributed by atoms with van der Waals surface area (Å²) in [4.78, 5) is 12.2. The van der Waals surface area contributed by atoms with E-state index in [4.69, 9.17) is 9.47 Å². The molecule has 0 spiro atoms. The smallest absolute Gasteiger partial charge is 0.252 e. The highest BCUT2D eigenvalue weighted by Crippen LogP contribution is 2.32. The summed E-state index contributed by atoms with van der Waals surface area (Å²) < 4.78 is 11.5. The molecule has 1 heterocycles. The second-order valence-electron chi connectivity index (χ2n) is 4.85. The van der Waals surface area contributed by atoms with Gasteiger partial charge in [-0.05, 0) is 59.3 Å². The van der Waals surface area contributed by atoms with Crippen LogP contribution in [-0.2, 0) is 6.54 Å². The van der Waals surface area contributed by atoms with Crippen LogP contribution in [0.5, 0.6) is 11.5 Å². The van der Waals surface area contributed by atoms with Gasteiger partial charge in [0.1, 0.15) is 0 Å². The zero-order valence-corrected chi connectivity index (χ0v) is 13.6. The molecule has 0 aliphatic carbocycles. The van der Waals surface area contributed by atoms with Crippen LogP contribution in [0, 0.1) is 10.5 Å². The van der Waals surface area contributed by atoms with Gasteiger partial charge < -0.3 is 14.8 Å². The molecule has 0 saturated heterocycles. The van der Waals surface area contributed by atoms with E-state index in [2.05, 4.69) is 27.9 Å². The Kier molecular flexibility index (Phi) is 4.01. The first-order chi connectivity index (χ1) is 10.1. The van der Waals surface area contributed by atoms with Crippen molar-refractivity contribution in [3.8, 4) is 11.5 Å². The molecule has 0 aromatic heterocycles. The van der Waals surface area contributed by atoms with E-state index in [1.165, 1.54) is 0 Å². The molecular formula is C16H14INO3. The Morgan fingerprint density at radius 2 is 2.00 bits per heavy atom. The molecule has 4 nitrogen and oxygen atoms in total. The molecule has 0 bridgehead atoms. The molecule has 108 valence electrons. The van der Waals surface area contributed by atoms with Crippen LogP contribution in [-0.4, -0.2) is 12.7 Å². The molecule has 2 aromatic carbocycles. The van der Waals surface area contributed by atoms with Gasteiger partial charge >= 0.3 is 0 Å². The molecule has 0 saturated carbocycles. The molecule has 1 N–H and O–H groups in total. The van der Waals surface area contributed by atoms with Crippen LogP contribution in [0.3, 0.4) is 0 Å². The highest BCUT2D eigenvalue weighted by molar-refractivity contribution is 14.1. The fourth-order valence-electron chi connectivity index (χ4n) is 2.13. The zero-order chi connectivity index (χ0) is 14.8. The number of nitrogens with one attached hydrogen (secondary N) is 1. The summed E-state index contributed by atoms with van der Waals surface area (Å²) in [6, 6.07) is 11.5. The van der Waals surface area contributed by atoms with Crippen LogP contribution in [0.1, 0.15) is 21.5 Å². The third-order valence-corrected chi connectivity index (χ3v) is 4.15. The van der Waals surface area contributed by atoms with Gasteiger partial charge in [0.05, 0.1) is 5.56 Å². The summed E-state index contributed by atoms with van der Waals surface area (Å²) in [6.07, 6.45) is 0. The highest BCUT2D eigenvalue weighted by Gasteiger charge is 2.14. The number of carbonyl (C=O) groups excluding carboxylic acids is 1. The Bertz CT molecular complexity index is 700. The lowest BCUT2D eigenvalue weighted by atomic mass is 10.1. The van der Waals surface area contributed by atoms with Crippen molar-refractivity contribution in [3.05, 3.63) is 56.7 Å². The van der Waals surface area contributed by atoms with E-state index in [0.29, 0.717) is 12.1 Å². The van der Waals surface area contributed by atoms with Crippen LogP contribution < -0.4 is 14.8 Å². The third kappa shape index (κ3) is 3.12. The standard InChI is InChI=1S/C16H14INO3/c1-10-2-4-12(13(17)6-10)16(19)18-8-11-3-5-14-15(7-11)21-9-20-14/h2-7H,8-9H2,1H3,(H,18,19). The summed E-state index contributed by atoms with van der Waals surface area (Å²) in [5.41, 5.74) is 2.82. The van der Waals surface area contributed by atoms with Gasteiger partial charge in [-0.3, -0.25) is 4.79 Å². The summed E-state index contributed by atoms with van der Waals surface area (Å²) in [7, 11) is 0. The SMILES string of the molecule is Cc1ccc(C(=O)NCc2ccc3c(c2)OCO3)c(I)c1. The predicted molar refractivity (Wildman–Crippen MR) is 87.6 cm³/mol. The van der Waals surface area contributed by atoms with Gasteiger partial charge in [-0.2, -0.15) is 0 Å². The molecule has 0 fully saturated rings. The van der Waals surface area contributed by atoms with E-state index in [0.717, 1.165) is 26.2 Å². The number of rotatable bonds is 3. The van der Waals surface area contributed by atoms with Crippen LogP contribution >= 0.6 is 22.6 Å². The van der Waals surface area contributed by atoms with Crippen molar-refractivity contribution < 1.29 is 14.3 Å². The Balaban J connectivity index is 1.68. The molecule has 2 aromatic rings. The van der Waals surface area contributed by atoms with E-state index in [9.17, 15) is 4.79 Å². The second-order valence-corrected chi connectivity index (χ2v) is 6.02. The summed E-state index contributed by atoms with van der Waals surface area (Å²) in [5, 5.41) is 2.93. The summed E-state index contributed by atoms with van der Waals surface area (Å²) in [5.74, 6) is 1.40. The number of hydrogen-bond donors (Lipinski definition) is 1. The van der Waals surface area contributed by atoms with E-state index in [1.807, 2.05) is 43.3 Å². The Morgan fingerprint density at radius 1 is 1.19 bits per heavy atom. The number of fused-ring (bicyclic) bond motifs is 1. The second kappa shape index (κ2) is 5.93. The van der Waals surface area contributed by atoms with Crippen molar-refractivity contribution in [2.75, 3.05) is 6.79 Å². The maximum atomic E-state index is 12.2. The monoisotopic (exact) mass is 395 g/mol. The average Bonchev–Trinajstić information content (AvgIpc) is 2.92.